The molecule has 0 bridgehead atoms. The van der Waals surface area contributed by atoms with E-state index in [1.807, 2.05) is 0 Å². The molecule has 1 aliphatic carbocycles. The number of carbonyl (C=O) groups is 7. The third-order valence-electron chi connectivity index (χ3n) is 9.55. The maximum atomic E-state index is 14.0. The van der Waals surface area contributed by atoms with E-state index in [-0.39, 0.29) is 125 Å². The number of ether oxygens (including phenoxy) is 3. The van der Waals surface area contributed by atoms with E-state index in [0.29, 0.717) is 84.2 Å². The number of nitrogens with zero attached hydrogens (tertiary/aromatic N) is 1. The van der Waals surface area contributed by atoms with Crippen molar-refractivity contribution in [2.75, 3.05) is 91.2 Å². The predicted octanol–water partition coefficient (Wildman–Crippen LogP) is -1.40. The van der Waals surface area contributed by atoms with Gasteiger partial charge >= 0.3 is 5.97 Å². The summed E-state index contributed by atoms with van der Waals surface area (Å²) in [5.74, 6) is -2.59. The number of hydrogen-bond acceptors (Lipinski definition) is 14. The molecule has 0 radical (unpaired) electrons. The summed E-state index contributed by atoms with van der Waals surface area (Å²) in [7, 11) is 0. The van der Waals surface area contributed by atoms with E-state index < -0.39 is 22.7 Å². The van der Waals surface area contributed by atoms with Crippen LogP contribution in [0.4, 0.5) is 0 Å². The first-order chi connectivity index (χ1) is 27.4. The zero-order chi connectivity index (χ0) is 41.9. The molecule has 57 heavy (non-hydrogen) atoms. The van der Waals surface area contributed by atoms with Gasteiger partial charge in [-0.05, 0) is 70.5 Å². The molecule has 2 rings (SSSR count). The first-order valence-electron chi connectivity index (χ1n) is 20.1. The Kier molecular flexibility index (Phi) is 25.2. The van der Waals surface area contributed by atoms with Gasteiger partial charge < -0.3 is 57.8 Å². The minimum Gasteiger partial charge on any atom is -0.481 e. The largest absolute Gasteiger partial charge is 0.481 e. The molecule has 1 saturated heterocycles. The number of rotatable bonds is 32. The molecule has 20 heteroatoms. The third-order valence-corrected chi connectivity index (χ3v) is 10.8. The van der Waals surface area contributed by atoms with Crippen molar-refractivity contribution in [2.24, 2.45) is 29.0 Å². The van der Waals surface area contributed by atoms with Crippen molar-refractivity contribution in [1.29, 1.82) is 0 Å². The first-order valence-corrected chi connectivity index (χ1v) is 21.1. The highest BCUT2D eigenvalue weighted by atomic mass is 32.2. The second-order valence-corrected chi connectivity index (χ2v) is 15.7. The Balaban J connectivity index is 2.10. The molecule has 2 aliphatic rings. The number of carboxylic acid groups (broad SMARTS) is 1. The zero-order valence-electron chi connectivity index (χ0n) is 33.2. The highest BCUT2D eigenvalue weighted by Gasteiger charge is 2.41. The number of amides is 6. The monoisotopic (exact) mass is 830 g/mol. The number of carboxylic acids is 1. The van der Waals surface area contributed by atoms with Gasteiger partial charge in [0.15, 0.2) is 0 Å². The lowest BCUT2D eigenvalue weighted by Crippen LogP contribution is -2.60. The summed E-state index contributed by atoms with van der Waals surface area (Å²) in [6.07, 6.45) is 4.26. The fraction of sp³-hybridized carbons (Fsp3) is 0.811. The normalized spacial score (nSPS) is 18.4. The summed E-state index contributed by atoms with van der Waals surface area (Å²) in [5, 5.41) is 19.8. The molecule has 1 unspecified atom stereocenters. The van der Waals surface area contributed by atoms with E-state index >= 15 is 0 Å². The summed E-state index contributed by atoms with van der Waals surface area (Å²) in [4.78, 5) is 88.7. The molecule has 0 aromatic heterocycles. The van der Waals surface area contributed by atoms with E-state index in [4.69, 9.17) is 36.5 Å². The van der Waals surface area contributed by atoms with E-state index in [9.17, 15) is 33.6 Å². The first kappa shape index (κ1) is 49.7. The van der Waals surface area contributed by atoms with E-state index in [2.05, 4.69) is 21.3 Å². The standard InChI is InChI=1S/C37H66N8O11S/c38-12-1-15-41-30(46)8-18-54-24-37(25-55-19-9-31(47)42-16-2-13-39,26-56-20-10-32(48)43-17-3-14-40)44-35(52)28-6-4-27(5-7-28)23-45-33(49)22-29(36(45)53)57-21-11-34(50)51/h27-29H,1-26,38-40H2,(H,41,46)(H,42,47)(H,43,48)(H,44,52)(H,50,51)/t27-,28-,29?. The smallest absolute Gasteiger partial charge is 0.304 e. The molecule has 0 aromatic rings. The fourth-order valence-electron chi connectivity index (χ4n) is 6.28. The molecule has 1 aliphatic heterocycles. The van der Waals surface area contributed by atoms with Crippen LogP contribution in [0.1, 0.15) is 77.0 Å². The summed E-state index contributed by atoms with van der Waals surface area (Å²) < 4.78 is 17.9. The highest BCUT2D eigenvalue weighted by Crippen LogP contribution is 2.33. The second kappa shape index (κ2) is 28.9. The van der Waals surface area contributed by atoms with E-state index in [1.165, 1.54) is 16.7 Å². The van der Waals surface area contributed by atoms with Crippen molar-refractivity contribution in [2.45, 2.75) is 87.8 Å². The SMILES string of the molecule is NCCCNC(=O)CCOCC(COCCC(=O)NCCCN)(COCCC(=O)NCCCN)NC(=O)[C@H]1CC[C@H](CN2C(=O)CC(SCCC(=O)O)C2=O)CC1. The summed E-state index contributed by atoms with van der Waals surface area (Å²) in [6, 6.07) is 0. The minimum absolute atomic E-state index is 0.00692. The lowest BCUT2D eigenvalue weighted by Gasteiger charge is -2.37. The van der Waals surface area contributed by atoms with Crippen molar-refractivity contribution in [3.8, 4) is 0 Å². The van der Waals surface area contributed by atoms with Gasteiger partial charge in [0, 0.05) is 63.5 Å². The van der Waals surface area contributed by atoms with Crippen LogP contribution in [0.15, 0.2) is 0 Å². The van der Waals surface area contributed by atoms with Gasteiger partial charge in [-0.1, -0.05) is 0 Å². The number of nitrogens with two attached hydrogens (primary N) is 3. The van der Waals surface area contributed by atoms with Crippen molar-refractivity contribution in [3.05, 3.63) is 0 Å². The molecular weight excluding hydrogens is 765 g/mol. The van der Waals surface area contributed by atoms with Gasteiger partial charge in [-0.3, -0.25) is 38.5 Å². The molecule has 11 N–H and O–H groups in total. The number of imide groups is 1. The lowest BCUT2D eigenvalue weighted by molar-refractivity contribution is -0.140. The number of aliphatic carboxylic acids is 1. The van der Waals surface area contributed by atoms with Crippen molar-refractivity contribution >= 4 is 53.2 Å². The van der Waals surface area contributed by atoms with Crippen molar-refractivity contribution in [3.63, 3.8) is 0 Å². The Labute approximate surface area is 339 Å². The Morgan fingerprint density at radius 2 is 1.18 bits per heavy atom. The van der Waals surface area contributed by atoms with Crippen LogP contribution in [0.3, 0.4) is 0 Å². The van der Waals surface area contributed by atoms with Gasteiger partial charge in [0.1, 0.15) is 5.54 Å². The molecular formula is C37H66N8O11S. The Morgan fingerprint density at radius 3 is 1.60 bits per heavy atom. The number of carbonyl (C=O) groups excluding carboxylic acids is 6. The van der Waals surface area contributed by atoms with Gasteiger partial charge in [0.05, 0.1) is 51.3 Å². The van der Waals surface area contributed by atoms with Crippen LogP contribution in [-0.4, -0.2) is 153 Å². The average Bonchev–Trinajstić information content (AvgIpc) is 3.44. The van der Waals surface area contributed by atoms with Gasteiger partial charge in [-0.15, -0.1) is 11.8 Å². The summed E-state index contributed by atoms with van der Waals surface area (Å²) in [5.41, 5.74) is 15.3. The Hall–Kier alpha value is -3.40. The van der Waals surface area contributed by atoms with Gasteiger partial charge in [-0.2, -0.15) is 0 Å². The van der Waals surface area contributed by atoms with Crippen LogP contribution < -0.4 is 38.5 Å². The number of hydrogen-bond donors (Lipinski definition) is 8. The predicted molar refractivity (Wildman–Crippen MR) is 213 cm³/mol. The maximum absolute atomic E-state index is 14.0. The lowest BCUT2D eigenvalue weighted by atomic mass is 9.81. The van der Waals surface area contributed by atoms with Crippen molar-refractivity contribution < 1.29 is 52.9 Å². The molecule has 1 saturated carbocycles. The molecule has 1 heterocycles. The maximum Gasteiger partial charge on any atom is 0.304 e. The van der Waals surface area contributed by atoms with Gasteiger partial charge in [0.25, 0.3) is 0 Å². The molecule has 19 nitrogen and oxygen atoms in total. The van der Waals surface area contributed by atoms with Crippen LogP contribution in [0, 0.1) is 11.8 Å². The average molecular weight is 831 g/mol. The van der Waals surface area contributed by atoms with Crippen LogP contribution in [0.2, 0.25) is 0 Å². The van der Waals surface area contributed by atoms with Crippen molar-refractivity contribution in [1.82, 2.24) is 26.2 Å². The fourth-order valence-corrected chi connectivity index (χ4v) is 7.38. The van der Waals surface area contributed by atoms with Crippen LogP contribution >= 0.6 is 11.8 Å². The van der Waals surface area contributed by atoms with Crippen LogP contribution in [-0.2, 0) is 47.8 Å². The van der Waals surface area contributed by atoms with Crippen LogP contribution in [0.5, 0.6) is 0 Å². The summed E-state index contributed by atoms with van der Waals surface area (Å²) >= 11 is 1.19. The molecule has 2 fully saturated rings. The van der Waals surface area contributed by atoms with E-state index in [0.717, 1.165) is 0 Å². The zero-order valence-corrected chi connectivity index (χ0v) is 34.1. The topological polar surface area (TPSA) is 297 Å². The number of thioether (sulfide) groups is 1. The van der Waals surface area contributed by atoms with Crippen LogP contribution in [0.25, 0.3) is 0 Å². The molecule has 6 amide bonds. The number of likely N-dealkylation sites (tertiary alicyclic amines) is 1. The van der Waals surface area contributed by atoms with Gasteiger partial charge in [-0.25, -0.2) is 0 Å². The third kappa shape index (κ3) is 20.7. The molecule has 326 valence electrons. The molecule has 0 spiro atoms. The quantitative estimate of drug-likeness (QED) is 0.0286. The Bertz CT molecular complexity index is 1200. The summed E-state index contributed by atoms with van der Waals surface area (Å²) in [6.45, 7) is 2.74. The number of nitrogens with one attached hydrogen (secondary N) is 4. The minimum atomic E-state index is -1.25. The van der Waals surface area contributed by atoms with E-state index in [1.54, 1.807) is 0 Å². The van der Waals surface area contributed by atoms with Gasteiger partial charge in [0.2, 0.25) is 35.4 Å². The molecule has 0 aromatic carbocycles. The molecule has 1 atom stereocenters. The Morgan fingerprint density at radius 1 is 0.719 bits per heavy atom. The second-order valence-electron chi connectivity index (χ2n) is 14.4. The highest BCUT2D eigenvalue weighted by molar-refractivity contribution is 8.00.